The summed E-state index contributed by atoms with van der Waals surface area (Å²) < 4.78 is 2.13. The molecule has 0 aromatic carbocycles. The Bertz CT molecular complexity index is 599. The Morgan fingerprint density at radius 2 is 2.05 bits per heavy atom. The minimum absolute atomic E-state index is 0.0607. The third kappa shape index (κ3) is 2.54. The van der Waals surface area contributed by atoms with Crippen molar-refractivity contribution in [3.8, 4) is 0 Å². The molecule has 0 spiro atoms. The molecule has 0 aliphatic carbocycles. The molecule has 1 saturated heterocycles. The van der Waals surface area contributed by atoms with Gasteiger partial charge in [-0.05, 0) is 57.2 Å². The Morgan fingerprint density at radius 1 is 1.35 bits per heavy atom. The summed E-state index contributed by atoms with van der Waals surface area (Å²) >= 11 is 1.47. The van der Waals surface area contributed by atoms with E-state index in [0.29, 0.717) is 13.1 Å². The summed E-state index contributed by atoms with van der Waals surface area (Å²) in [4.78, 5) is 19.3. The molecule has 1 aliphatic rings. The van der Waals surface area contributed by atoms with E-state index in [9.17, 15) is 4.79 Å². The third-order valence-corrected chi connectivity index (χ3v) is 4.64. The van der Waals surface area contributed by atoms with E-state index in [1.165, 1.54) is 23.1 Å². The van der Waals surface area contributed by atoms with Crippen molar-refractivity contribution in [1.82, 2.24) is 9.47 Å². The first-order valence-corrected chi connectivity index (χ1v) is 7.70. The number of hydrogen-bond donors (Lipinski definition) is 0. The summed E-state index contributed by atoms with van der Waals surface area (Å²) in [7, 11) is 2.04. The van der Waals surface area contributed by atoms with E-state index in [1.54, 1.807) is 4.90 Å². The predicted molar refractivity (Wildman–Crippen MR) is 85.8 cm³/mol. The number of nitrogens with zero attached hydrogens (tertiary/aromatic N) is 3. The van der Waals surface area contributed by atoms with Crippen LogP contribution in [-0.4, -0.2) is 33.6 Å². The summed E-state index contributed by atoms with van der Waals surface area (Å²) in [5, 5.41) is 0.816. The molecule has 4 nitrogen and oxygen atoms in total. The lowest BCUT2D eigenvalue weighted by molar-refractivity contribution is -0.122. The van der Waals surface area contributed by atoms with Crippen molar-refractivity contribution in [2.24, 2.45) is 12.0 Å². The van der Waals surface area contributed by atoms with Gasteiger partial charge in [-0.25, -0.2) is 0 Å². The first-order valence-electron chi connectivity index (χ1n) is 6.88. The normalized spacial score (nSPS) is 19.6. The summed E-state index contributed by atoms with van der Waals surface area (Å²) in [5.74, 6) is 0.0607. The van der Waals surface area contributed by atoms with Crippen molar-refractivity contribution in [1.29, 1.82) is 0 Å². The molecule has 2 rings (SSSR count). The number of aromatic nitrogens is 1. The molecular formula is C15H21N3OS. The lowest BCUT2D eigenvalue weighted by atomic mass is 10.2. The SMILES string of the molecule is CCN=C1S/C(=C\c2cc(C)n(C)c2C)C(=O)N1CC. The smallest absolute Gasteiger partial charge is 0.266 e. The lowest BCUT2D eigenvalue weighted by Gasteiger charge is -2.11. The van der Waals surface area contributed by atoms with Crippen LogP contribution in [0.5, 0.6) is 0 Å². The summed E-state index contributed by atoms with van der Waals surface area (Å²) in [6.07, 6.45) is 1.98. The highest BCUT2D eigenvalue weighted by molar-refractivity contribution is 8.18. The van der Waals surface area contributed by atoms with Gasteiger partial charge in [-0.15, -0.1) is 0 Å². The molecule has 2 heterocycles. The van der Waals surface area contributed by atoms with Crippen LogP contribution in [0.15, 0.2) is 16.0 Å². The number of aryl methyl sites for hydroxylation is 1. The maximum absolute atomic E-state index is 12.4. The van der Waals surface area contributed by atoms with Crippen LogP contribution in [0.1, 0.15) is 30.8 Å². The van der Waals surface area contributed by atoms with Crippen molar-refractivity contribution in [2.75, 3.05) is 13.1 Å². The van der Waals surface area contributed by atoms with Gasteiger partial charge in [0.2, 0.25) is 0 Å². The van der Waals surface area contributed by atoms with E-state index in [2.05, 4.69) is 29.5 Å². The number of carbonyl (C=O) groups excluding carboxylic acids is 1. The summed E-state index contributed by atoms with van der Waals surface area (Å²) in [6.45, 7) is 9.46. The topological polar surface area (TPSA) is 37.6 Å². The Labute approximate surface area is 124 Å². The lowest BCUT2D eigenvalue weighted by Crippen LogP contribution is -2.28. The first kappa shape index (κ1) is 14.9. The maximum Gasteiger partial charge on any atom is 0.266 e. The van der Waals surface area contributed by atoms with E-state index in [0.717, 1.165) is 15.6 Å². The van der Waals surface area contributed by atoms with Crippen LogP contribution in [0.4, 0.5) is 0 Å². The van der Waals surface area contributed by atoms with Crippen molar-refractivity contribution in [2.45, 2.75) is 27.7 Å². The number of thioether (sulfide) groups is 1. The number of rotatable bonds is 3. The molecule has 1 fully saturated rings. The number of aliphatic imine (C=N–C) groups is 1. The summed E-state index contributed by atoms with van der Waals surface area (Å²) in [6, 6.07) is 2.11. The monoisotopic (exact) mass is 291 g/mol. The Hall–Kier alpha value is -1.49. The van der Waals surface area contributed by atoms with Crippen LogP contribution < -0.4 is 0 Å². The molecule has 0 saturated carbocycles. The zero-order chi connectivity index (χ0) is 14.9. The molecule has 1 aliphatic heterocycles. The van der Waals surface area contributed by atoms with E-state index in [1.807, 2.05) is 27.0 Å². The van der Waals surface area contributed by atoms with Crippen LogP contribution in [0.25, 0.3) is 6.08 Å². The average molecular weight is 291 g/mol. The Morgan fingerprint density at radius 3 is 2.55 bits per heavy atom. The molecule has 1 aromatic rings. The van der Waals surface area contributed by atoms with E-state index >= 15 is 0 Å². The van der Waals surface area contributed by atoms with Gasteiger partial charge in [0.05, 0.1) is 4.91 Å². The second-order valence-corrected chi connectivity index (χ2v) is 5.81. The van der Waals surface area contributed by atoms with Crippen LogP contribution in [0, 0.1) is 13.8 Å². The highest BCUT2D eigenvalue weighted by Gasteiger charge is 2.31. The van der Waals surface area contributed by atoms with E-state index in [4.69, 9.17) is 0 Å². The number of likely N-dealkylation sites (N-methyl/N-ethyl adjacent to an activating group) is 1. The van der Waals surface area contributed by atoms with Gasteiger partial charge in [0.1, 0.15) is 0 Å². The number of amidine groups is 1. The second kappa shape index (κ2) is 5.87. The Kier molecular flexibility index (Phi) is 4.38. The first-order chi connectivity index (χ1) is 9.49. The molecule has 0 bridgehead atoms. The highest BCUT2D eigenvalue weighted by atomic mass is 32.2. The van der Waals surface area contributed by atoms with Gasteiger partial charge in [-0.3, -0.25) is 14.7 Å². The minimum atomic E-state index is 0.0607. The number of hydrogen-bond acceptors (Lipinski definition) is 3. The zero-order valence-corrected chi connectivity index (χ0v) is 13.5. The average Bonchev–Trinajstić information content (AvgIpc) is 2.84. The van der Waals surface area contributed by atoms with Crippen LogP contribution >= 0.6 is 11.8 Å². The van der Waals surface area contributed by atoms with Crippen molar-refractivity contribution in [3.63, 3.8) is 0 Å². The van der Waals surface area contributed by atoms with Crippen molar-refractivity contribution < 1.29 is 4.79 Å². The zero-order valence-electron chi connectivity index (χ0n) is 12.7. The van der Waals surface area contributed by atoms with E-state index in [-0.39, 0.29) is 5.91 Å². The quantitative estimate of drug-likeness (QED) is 0.803. The van der Waals surface area contributed by atoms with Crippen LogP contribution in [-0.2, 0) is 11.8 Å². The molecule has 1 aromatic heterocycles. The van der Waals surface area contributed by atoms with Gasteiger partial charge in [0.15, 0.2) is 5.17 Å². The van der Waals surface area contributed by atoms with Crippen LogP contribution in [0.2, 0.25) is 0 Å². The maximum atomic E-state index is 12.4. The summed E-state index contributed by atoms with van der Waals surface area (Å²) in [5.41, 5.74) is 3.47. The molecule has 0 N–H and O–H groups in total. The fourth-order valence-corrected chi connectivity index (χ4v) is 3.31. The molecule has 0 radical (unpaired) electrons. The largest absolute Gasteiger partial charge is 0.352 e. The van der Waals surface area contributed by atoms with Gasteiger partial charge in [0, 0.05) is 31.5 Å². The van der Waals surface area contributed by atoms with Crippen molar-refractivity contribution >= 4 is 28.9 Å². The van der Waals surface area contributed by atoms with Crippen LogP contribution in [0.3, 0.4) is 0 Å². The molecule has 0 unspecified atom stereocenters. The van der Waals surface area contributed by atoms with Gasteiger partial charge in [0.25, 0.3) is 5.91 Å². The molecule has 1 amide bonds. The van der Waals surface area contributed by atoms with Gasteiger partial charge < -0.3 is 4.57 Å². The molecule has 0 atom stereocenters. The number of carbonyl (C=O) groups is 1. The fraction of sp³-hybridized carbons (Fsp3) is 0.467. The molecule has 108 valence electrons. The molecule has 20 heavy (non-hydrogen) atoms. The second-order valence-electron chi connectivity index (χ2n) is 4.80. The standard InChI is InChI=1S/C15H21N3OS/c1-6-16-15-18(7-2)14(19)13(20-15)9-12-8-10(3)17(5)11(12)4/h8-9H,6-7H2,1-5H3/b13-9-,16-15?. The number of amides is 1. The minimum Gasteiger partial charge on any atom is -0.352 e. The van der Waals surface area contributed by atoms with E-state index < -0.39 is 0 Å². The predicted octanol–water partition coefficient (Wildman–Crippen LogP) is 2.95. The Balaban J connectivity index is 2.38. The highest BCUT2D eigenvalue weighted by Crippen LogP contribution is 2.33. The van der Waals surface area contributed by atoms with Gasteiger partial charge in [-0.1, -0.05) is 0 Å². The van der Waals surface area contributed by atoms with Gasteiger partial charge in [-0.2, -0.15) is 0 Å². The fourth-order valence-electron chi connectivity index (χ4n) is 2.21. The third-order valence-electron chi connectivity index (χ3n) is 3.60. The van der Waals surface area contributed by atoms with Gasteiger partial charge >= 0.3 is 0 Å². The van der Waals surface area contributed by atoms with Crippen molar-refractivity contribution in [3.05, 3.63) is 27.9 Å². The molecular weight excluding hydrogens is 270 g/mol. The molecule has 5 heteroatoms.